The zero-order chi connectivity index (χ0) is 24.3. The highest BCUT2D eigenvalue weighted by molar-refractivity contribution is 7.20. The molecule has 1 saturated heterocycles. The molecule has 1 N–H and O–H groups in total. The minimum Gasteiger partial charge on any atom is -0.486 e. The number of amides is 2. The van der Waals surface area contributed by atoms with Crippen LogP contribution in [0.1, 0.15) is 29.6 Å². The van der Waals surface area contributed by atoms with Crippen molar-refractivity contribution in [3.63, 3.8) is 0 Å². The summed E-state index contributed by atoms with van der Waals surface area (Å²) in [5, 5.41) is 3.11. The summed E-state index contributed by atoms with van der Waals surface area (Å²) in [7, 11) is 1.28. The minimum atomic E-state index is -0.652. The van der Waals surface area contributed by atoms with Crippen LogP contribution in [0.4, 0.5) is 9.80 Å². The molecule has 1 fully saturated rings. The fourth-order valence-corrected chi connectivity index (χ4v) is 5.35. The van der Waals surface area contributed by atoms with Gasteiger partial charge in [0.1, 0.15) is 16.4 Å². The fraction of sp³-hybridized carbons (Fsp3) is 0.269. The number of Topliss-reactive ketones (excluding diaryl/α,β-unsaturated/α-hetero) is 1. The average Bonchev–Trinajstić information content (AvgIpc) is 3.27. The molecule has 7 nitrogen and oxygen atoms in total. The molecule has 0 atom stereocenters. The number of carbonyl (C=O) groups is 3. The summed E-state index contributed by atoms with van der Waals surface area (Å²) in [5.74, 6) is 0.236. The first-order chi connectivity index (χ1) is 16.4. The lowest BCUT2D eigenvalue weighted by Crippen LogP contribution is -2.50. The number of nitrogens with one attached hydrogen (secondary N) is 1. The Labute approximate surface area is 202 Å². The van der Waals surface area contributed by atoms with Crippen molar-refractivity contribution < 1.29 is 23.9 Å². The van der Waals surface area contributed by atoms with E-state index in [4.69, 9.17) is 9.47 Å². The van der Waals surface area contributed by atoms with Gasteiger partial charge in [-0.15, -0.1) is 11.3 Å². The summed E-state index contributed by atoms with van der Waals surface area (Å²) in [5.41, 5.74) is 1.16. The molecule has 1 aromatic carbocycles. The number of hydrogen-bond acceptors (Lipinski definition) is 6. The highest BCUT2D eigenvalue weighted by atomic mass is 32.1. The first-order valence-corrected chi connectivity index (χ1v) is 11.8. The van der Waals surface area contributed by atoms with Crippen LogP contribution in [0.3, 0.4) is 0 Å². The molecule has 8 heteroatoms. The van der Waals surface area contributed by atoms with E-state index in [-0.39, 0.29) is 18.1 Å². The fourth-order valence-electron chi connectivity index (χ4n) is 4.31. The lowest BCUT2D eigenvalue weighted by atomic mass is 9.82. The van der Waals surface area contributed by atoms with Gasteiger partial charge in [0, 0.05) is 30.8 Å². The van der Waals surface area contributed by atoms with E-state index in [0.29, 0.717) is 47.8 Å². The molecule has 2 aliphatic heterocycles. The second-order valence-corrected chi connectivity index (χ2v) is 9.25. The number of allylic oxidation sites excluding steroid dienone is 3. The third-order valence-electron chi connectivity index (χ3n) is 6.15. The standard InChI is InChI=1S/C26H26N2O5S/c1-4-18-20(29)16-26(33-21(18)5-2)11-13-28(14-12-26)24(30)19-15-22(17-9-7-6-8-10-17)34-23(19)27-25(31)32-3/h4-10,15H,1-2,11-14,16H2,3H3,(H,27,31). The van der Waals surface area contributed by atoms with Crippen LogP contribution in [0.2, 0.25) is 0 Å². The van der Waals surface area contributed by atoms with Gasteiger partial charge in [0.25, 0.3) is 5.91 Å². The third-order valence-corrected chi connectivity index (χ3v) is 7.25. The number of nitrogens with zero attached hydrogens (tertiary/aromatic N) is 1. The number of methoxy groups -OCH3 is 1. The van der Waals surface area contributed by atoms with Crippen molar-refractivity contribution in [2.24, 2.45) is 0 Å². The molecule has 2 amide bonds. The molecule has 176 valence electrons. The van der Waals surface area contributed by atoms with Gasteiger partial charge < -0.3 is 14.4 Å². The van der Waals surface area contributed by atoms with E-state index in [9.17, 15) is 14.4 Å². The van der Waals surface area contributed by atoms with Crippen LogP contribution in [0.15, 0.2) is 73.0 Å². The Kier molecular flexibility index (Phi) is 6.70. The molecule has 0 aliphatic carbocycles. The van der Waals surface area contributed by atoms with E-state index in [1.807, 2.05) is 30.3 Å². The van der Waals surface area contributed by atoms with Gasteiger partial charge in [0.15, 0.2) is 5.78 Å². The summed E-state index contributed by atoms with van der Waals surface area (Å²) in [6, 6.07) is 11.5. The molecule has 0 saturated carbocycles. The molecule has 0 bridgehead atoms. The number of carbonyl (C=O) groups excluding carboxylic acids is 3. The van der Waals surface area contributed by atoms with Gasteiger partial charge in [-0.05, 0) is 17.7 Å². The summed E-state index contributed by atoms with van der Waals surface area (Å²) in [6.45, 7) is 8.30. The Hall–Kier alpha value is -3.65. The van der Waals surface area contributed by atoms with E-state index >= 15 is 0 Å². The van der Waals surface area contributed by atoms with Crippen molar-refractivity contribution in [2.45, 2.75) is 24.9 Å². The summed E-state index contributed by atoms with van der Waals surface area (Å²) >= 11 is 1.32. The van der Waals surface area contributed by atoms with Crippen LogP contribution in [0.25, 0.3) is 10.4 Å². The van der Waals surface area contributed by atoms with Gasteiger partial charge in [-0.3, -0.25) is 14.9 Å². The quantitative estimate of drug-likeness (QED) is 0.640. The third kappa shape index (κ3) is 4.54. The Morgan fingerprint density at radius 2 is 1.88 bits per heavy atom. The number of anilines is 1. The van der Waals surface area contributed by atoms with E-state index in [1.165, 1.54) is 30.6 Å². The Morgan fingerprint density at radius 1 is 1.18 bits per heavy atom. The molecule has 4 rings (SSSR count). The SMILES string of the molecule is C=CC1=C(C=C)C(=O)CC2(CCN(C(=O)c3cc(-c4ccccc4)sc3NC(=O)OC)CC2)O1. The highest BCUT2D eigenvalue weighted by Crippen LogP contribution is 2.40. The molecular formula is C26H26N2O5S. The van der Waals surface area contributed by atoms with Gasteiger partial charge >= 0.3 is 6.09 Å². The second kappa shape index (κ2) is 9.69. The maximum atomic E-state index is 13.5. The van der Waals surface area contributed by atoms with Crippen LogP contribution in [0.5, 0.6) is 0 Å². The van der Waals surface area contributed by atoms with Crippen molar-refractivity contribution in [2.75, 3.05) is 25.5 Å². The van der Waals surface area contributed by atoms with Crippen molar-refractivity contribution in [1.29, 1.82) is 0 Å². The van der Waals surface area contributed by atoms with Crippen LogP contribution < -0.4 is 5.32 Å². The number of likely N-dealkylation sites (tertiary alicyclic amines) is 1. The maximum Gasteiger partial charge on any atom is 0.411 e. The monoisotopic (exact) mass is 478 g/mol. The number of ketones is 1. The Balaban J connectivity index is 1.55. The summed E-state index contributed by atoms with van der Waals surface area (Å²) in [4.78, 5) is 40.6. The number of rotatable bonds is 5. The van der Waals surface area contributed by atoms with Crippen molar-refractivity contribution in [3.8, 4) is 10.4 Å². The highest BCUT2D eigenvalue weighted by Gasteiger charge is 2.44. The van der Waals surface area contributed by atoms with Gasteiger partial charge in [0.2, 0.25) is 0 Å². The van der Waals surface area contributed by atoms with Crippen molar-refractivity contribution in [3.05, 3.63) is 78.6 Å². The first-order valence-electron chi connectivity index (χ1n) is 10.9. The molecule has 0 radical (unpaired) electrons. The average molecular weight is 479 g/mol. The van der Waals surface area contributed by atoms with Crippen LogP contribution in [-0.4, -0.2) is 48.5 Å². The van der Waals surface area contributed by atoms with Crippen LogP contribution in [-0.2, 0) is 14.3 Å². The maximum absolute atomic E-state index is 13.5. The normalized spacial score (nSPS) is 17.2. The van der Waals surface area contributed by atoms with Crippen LogP contribution >= 0.6 is 11.3 Å². The summed E-state index contributed by atoms with van der Waals surface area (Å²) < 4.78 is 10.9. The van der Waals surface area contributed by atoms with Gasteiger partial charge in [-0.1, -0.05) is 49.6 Å². The van der Waals surface area contributed by atoms with Gasteiger partial charge in [0.05, 0.1) is 24.7 Å². The van der Waals surface area contributed by atoms with E-state index in [1.54, 1.807) is 11.0 Å². The smallest absolute Gasteiger partial charge is 0.411 e. The molecule has 1 spiro atoms. The second-order valence-electron chi connectivity index (χ2n) is 8.20. The number of benzene rings is 1. The number of piperidine rings is 1. The largest absolute Gasteiger partial charge is 0.486 e. The van der Waals surface area contributed by atoms with E-state index in [2.05, 4.69) is 18.5 Å². The number of hydrogen-bond donors (Lipinski definition) is 1. The first kappa shape index (κ1) is 23.5. The Morgan fingerprint density at radius 3 is 2.50 bits per heavy atom. The number of thiophene rings is 1. The molecular weight excluding hydrogens is 452 g/mol. The lowest BCUT2D eigenvalue weighted by Gasteiger charge is -2.44. The number of ether oxygens (including phenoxy) is 2. The molecule has 3 heterocycles. The van der Waals surface area contributed by atoms with Gasteiger partial charge in [-0.2, -0.15) is 0 Å². The minimum absolute atomic E-state index is 0.0224. The predicted octanol–water partition coefficient (Wildman–Crippen LogP) is 5.18. The molecule has 0 unspecified atom stereocenters. The molecule has 2 aromatic rings. The van der Waals surface area contributed by atoms with Crippen LogP contribution in [0, 0.1) is 0 Å². The van der Waals surface area contributed by atoms with E-state index < -0.39 is 11.7 Å². The molecule has 2 aliphatic rings. The zero-order valence-electron chi connectivity index (χ0n) is 19.0. The Bertz CT molecular complexity index is 1170. The zero-order valence-corrected chi connectivity index (χ0v) is 19.8. The summed E-state index contributed by atoms with van der Waals surface area (Å²) in [6.07, 6.45) is 3.68. The van der Waals surface area contributed by atoms with E-state index in [0.717, 1.165) is 10.4 Å². The van der Waals surface area contributed by atoms with Gasteiger partial charge in [-0.25, -0.2) is 4.79 Å². The molecule has 34 heavy (non-hydrogen) atoms. The topological polar surface area (TPSA) is 84.9 Å². The van der Waals surface area contributed by atoms with Crippen molar-refractivity contribution >= 4 is 34.1 Å². The predicted molar refractivity (Wildman–Crippen MR) is 132 cm³/mol. The van der Waals surface area contributed by atoms with Crippen molar-refractivity contribution in [1.82, 2.24) is 4.90 Å². The molecule has 1 aromatic heterocycles. The lowest BCUT2D eigenvalue weighted by molar-refractivity contribution is -0.127.